The van der Waals surface area contributed by atoms with Crippen molar-refractivity contribution in [2.45, 2.75) is 46.6 Å². The van der Waals surface area contributed by atoms with Gasteiger partial charge in [-0.15, -0.1) is 11.8 Å². The molecule has 0 saturated heterocycles. The number of carbonyl (C=O) groups excluding carboxylic acids is 1. The fourth-order valence-electron chi connectivity index (χ4n) is 3.09. The van der Waals surface area contributed by atoms with E-state index in [1.165, 1.54) is 22.9 Å². The average molecular weight is 424 g/mol. The van der Waals surface area contributed by atoms with Crippen LogP contribution in [-0.2, 0) is 4.79 Å². The second-order valence-corrected chi connectivity index (χ2v) is 8.61. The van der Waals surface area contributed by atoms with E-state index in [2.05, 4.69) is 38.2 Å². The summed E-state index contributed by atoms with van der Waals surface area (Å²) >= 11 is 1.48. The number of nitrogens with zero attached hydrogens (tertiary/aromatic N) is 2. The Kier molecular flexibility index (Phi) is 7.32. The number of aryl methyl sites for hydroxylation is 2. The average Bonchev–Trinajstić information content (AvgIpc) is 2.91. The summed E-state index contributed by atoms with van der Waals surface area (Å²) < 4.78 is 5.39. The van der Waals surface area contributed by atoms with E-state index >= 15 is 0 Å². The van der Waals surface area contributed by atoms with Crippen molar-refractivity contribution >= 4 is 39.8 Å². The van der Waals surface area contributed by atoms with Gasteiger partial charge in [-0.1, -0.05) is 19.1 Å². The summed E-state index contributed by atoms with van der Waals surface area (Å²) in [6, 6.07) is 12.2. The summed E-state index contributed by atoms with van der Waals surface area (Å²) in [6.07, 6.45) is 1.48. The summed E-state index contributed by atoms with van der Waals surface area (Å²) in [7, 11) is 1.66. The molecule has 158 valence electrons. The standard InChI is InChI=1S/C24H29N3O2S/c1-6-17(4)25-23(28)14-30-24-13-20(18-8-7-9-19(12-18)29-5)26-21-10-15(2)16(3)11-22(21)27-24/h7-12,17H,6,13-14H2,1-5H3,(H,25,28). The van der Waals surface area contributed by atoms with Gasteiger partial charge in [0.15, 0.2) is 0 Å². The van der Waals surface area contributed by atoms with E-state index < -0.39 is 0 Å². The molecule has 30 heavy (non-hydrogen) atoms. The van der Waals surface area contributed by atoms with Crippen LogP contribution in [0.5, 0.6) is 5.75 Å². The first-order valence-electron chi connectivity index (χ1n) is 10.2. The van der Waals surface area contributed by atoms with Gasteiger partial charge in [-0.25, -0.2) is 4.99 Å². The number of nitrogens with one attached hydrogen (secondary N) is 1. The first-order chi connectivity index (χ1) is 14.4. The Morgan fingerprint density at radius 2 is 1.87 bits per heavy atom. The lowest BCUT2D eigenvalue weighted by atomic mass is 10.1. The van der Waals surface area contributed by atoms with Crippen LogP contribution in [0.2, 0.25) is 0 Å². The largest absolute Gasteiger partial charge is 0.497 e. The molecule has 2 aromatic carbocycles. The molecule has 0 radical (unpaired) electrons. The molecule has 0 aliphatic carbocycles. The predicted octanol–water partition coefficient (Wildman–Crippen LogP) is 5.51. The van der Waals surface area contributed by atoms with Crippen LogP contribution in [-0.4, -0.2) is 35.6 Å². The molecule has 5 nitrogen and oxygen atoms in total. The first kappa shape index (κ1) is 22.1. The third-order valence-electron chi connectivity index (χ3n) is 5.20. The Hall–Kier alpha value is -2.60. The lowest BCUT2D eigenvalue weighted by molar-refractivity contribution is -0.119. The molecule has 0 fully saturated rings. The minimum absolute atomic E-state index is 0.0291. The highest BCUT2D eigenvalue weighted by Crippen LogP contribution is 2.36. The Labute approximate surface area is 183 Å². The second-order valence-electron chi connectivity index (χ2n) is 7.56. The second kappa shape index (κ2) is 9.94. The van der Waals surface area contributed by atoms with Crippen molar-refractivity contribution in [3.8, 4) is 5.75 Å². The smallest absolute Gasteiger partial charge is 0.230 e. The van der Waals surface area contributed by atoms with Gasteiger partial charge in [0.05, 0.1) is 35.0 Å². The molecule has 1 aliphatic heterocycles. The molecule has 1 N–H and O–H groups in total. The van der Waals surface area contributed by atoms with Crippen molar-refractivity contribution in [3.63, 3.8) is 0 Å². The number of fused-ring (bicyclic) bond motifs is 1. The van der Waals surface area contributed by atoms with Gasteiger partial charge >= 0.3 is 0 Å². The van der Waals surface area contributed by atoms with Gasteiger partial charge in [-0.2, -0.15) is 0 Å². The monoisotopic (exact) mass is 423 g/mol. The third-order valence-corrected chi connectivity index (χ3v) is 6.18. The third kappa shape index (κ3) is 5.51. The SMILES string of the molecule is CCC(C)NC(=O)CSC1=Nc2cc(C)c(C)cc2N=C(c2cccc(OC)c2)C1. The molecule has 0 spiro atoms. The summed E-state index contributed by atoms with van der Waals surface area (Å²) in [4.78, 5) is 22.1. The number of hydrogen-bond donors (Lipinski definition) is 1. The zero-order valence-electron chi connectivity index (χ0n) is 18.3. The van der Waals surface area contributed by atoms with Crippen molar-refractivity contribution in [2.75, 3.05) is 12.9 Å². The number of benzene rings is 2. The van der Waals surface area contributed by atoms with Crippen LogP contribution >= 0.6 is 11.8 Å². The van der Waals surface area contributed by atoms with E-state index in [1.807, 2.05) is 31.2 Å². The van der Waals surface area contributed by atoms with Crippen LogP contribution in [0, 0.1) is 13.8 Å². The van der Waals surface area contributed by atoms with Crippen molar-refractivity contribution in [1.82, 2.24) is 5.32 Å². The lowest BCUT2D eigenvalue weighted by Crippen LogP contribution is -2.33. The van der Waals surface area contributed by atoms with E-state index in [9.17, 15) is 4.79 Å². The number of aliphatic imine (C=N–C) groups is 2. The van der Waals surface area contributed by atoms with E-state index in [0.717, 1.165) is 39.9 Å². The van der Waals surface area contributed by atoms with Gasteiger partial charge in [0.25, 0.3) is 0 Å². The van der Waals surface area contributed by atoms with Crippen molar-refractivity contribution < 1.29 is 9.53 Å². The van der Waals surface area contributed by atoms with Gasteiger partial charge in [0.1, 0.15) is 5.75 Å². The zero-order chi connectivity index (χ0) is 21.7. The van der Waals surface area contributed by atoms with E-state index in [1.54, 1.807) is 7.11 Å². The number of rotatable bonds is 6. The molecule has 0 aromatic heterocycles. The predicted molar refractivity (Wildman–Crippen MR) is 127 cm³/mol. The van der Waals surface area contributed by atoms with Gasteiger partial charge < -0.3 is 10.1 Å². The maximum Gasteiger partial charge on any atom is 0.230 e. The summed E-state index contributed by atoms with van der Waals surface area (Å²) in [5.41, 5.74) is 5.98. The molecule has 1 aliphatic rings. The first-order valence-corrected chi connectivity index (χ1v) is 11.2. The fraction of sp³-hybridized carbons (Fsp3) is 0.375. The van der Waals surface area contributed by atoms with Crippen LogP contribution in [0.25, 0.3) is 0 Å². The number of hydrogen-bond acceptors (Lipinski definition) is 5. The van der Waals surface area contributed by atoms with Gasteiger partial charge in [0.2, 0.25) is 5.91 Å². The van der Waals surface area contributed by atoms with E-state index in [-0.39, 0.29) is 11.9 Å². The Morgan fingerprint density at radius 3 is 2.53 bits per heavy atom. The number of thioether (sulfide) groups is 1. The summed E-state index contributed by atoms with van der Waals surface area (Å²) in [5, 5.41) is 3.90. The number of methoxy groups -OCH3 is 1. The molecule has 0 saturated carbocycles. The molecule has 1 atom stereocenters. The minimum Gasteiger partial charge on any atom is -0.497 e. The van der Waals surface area contributed by atoms with Crippen LogP contribution in [0.1, 0.15) is 43.4 Å². The normalized spacial score (nSPS) is 14.2. The van der Waals surface area contributed by atoms with E-state index in [4.69, 9.17) is 14.7 Å². The highest BCUT2D eigenvalue weighted by atomic mass is 32.2. The molecule has 6 heteroatoms. The van der Waals surface area contributed by atoms with Crippen LogP contribution in [0.3, 0.4) is 0 Å². The number of carbonyl (C=O) groups is 1. The molecule has 1 unspecified atom stereocenters. The van der Waals surface area contributed by atoms with Crippen LogP contribution in [0.15, 0.2) is 46.4 Å². The zero-order valence-corrected chi connectivity index (χ0v) is 19.1. The Morgan fingerprint density at radius 1 is 1.17 bits per heavy atom. The maximum absolute atomic E-state index is 12.3. The van der Waals surface area contributed by atoms with Crippen molar-refractivity contribution in [1.29, 1.82) is 0 Å². The number of ether oxygens (including phenoxy) is 1. The molecule has 0 bridgehead atoms. The molecule has 1 amide bonds. The van der Waals surface area contributed by atoms with Crippen LogP contribution < -0.4 is 10.1 Å². The van der Waals surface area contributed by atoms with Gasteiger partial charge in [0, 0.05) is 18.0 Å². The highest BCUT2D eigenvalue weighted by molar-refractivity contribution is 8.14. The van der Waals surface area contributed by atoms with Crippen LogP contribution in [0.4, 0.5) is 11.4 Å². The number of amides is 1. The summed E-state index contributed by atoms with van der Waals surface area (Å²) in [5.74, 6) is 1.16. The van der Waals surface area contributed by atoms with Gasteiger partial charge in [-0.3, -0.25) is 9.79 Å². The van der Waals surface area contributed by atoms with Crippen molar-refractivity contribution in [3.05, 3.63) is 53.1 Å². The molecule has 2 aromatic rings. The lowest BCUT2D eigenvalue weighted by Gasteiger charge is -2.12. The minimum atomic E-state index is 0.0291. The van der Waals surface area contributed by atoms with E-state index in [0.29, 0.717) is 12.2 Å². The van der Waals surface area contributed by atoms with Crippen molar-refractivity contribution in [2.24, 2.45) is 9.98 Å². The quantitative estimate of drug-likeness (QED) is 0.666. The van der Waals surface area contributed by atoms with Gasteiger partial charge in [-0.05, 0) is 62.6 Å². The molecular formula is C24H29N3O2S. The molecular weight excluding hydrogens is 394 g/mol. The maximum atomic E-state index is 12.3. The molecule has 1 heterocycles. The summed E-state index contributed by atoms with van der Waals surface area (Å²) in [6.45, 7) is 8.24. The Bertz CT molecular complexity index is 998. The highest BCUT2D eigenvalue weighted by Gasteiger charge is 2.18. The Balaban J connectivity index is 1.93. The fourth-order valence-corrected chi connectivity index (χ4v) is 3.87. The topological polar surface area (TPSA) is 63.0 Å². The molecule has 3 rings (SSSR count).